The Balaban J connectivity index is 0.00000361. The standard InChI is InChI=1S/C12H19N3O3S.ClH/c1-15(2)9-3-4-12(16)14-10-5-7-11(8-6-10)19(13,17)18;/h5-8H,3-4,9H2,1-2H3,(H,14,16)(H2,13,17,18);1H. The minimum Gasteiger partial charge on any atom is -0.326 e. The Kier molecular flexibility index (Phi) is 7.74. The maximum atomic E-state index is 11.6. The van der Waals surface area contributed by atoms with E-state index in [-0.39, 0.29) is 23.2 Å². The van der Waals surface area contributed by atoms with Crippen molar-refractivity contribution < 1.29 is 13.2 Å². The Morgan fingerprint density at radius 3 is 2.25 bits per heavy atom. The van der Waals surface area contributed by atoms with E-state index >= 15 is 0 Å². The van der Waals surface area contributed by atoms with Crippen molar-refractivity contribution in [2.24, 2.45) is 5.14 Å². The van der Waals surface area contributed by atoms with E-state index in [0.717, 1.165) is 13.0 Å². The molecule has 0 atom stereocenters. The van der Waals surface area contributed by atoms with Gasteiger partial charge in [-0.2, -0.15) is 0 Å². The fraction of sp³-hybridized carbons (Fsp3) is 0.417. The molecule has 1 amide bonds. The highest BCUT2D eigenvalue weighted by Gasteiger charge is 2.08. The van der Waals surface area contributed by atoms with Crippen LogP contribution in [0.1, 0.15) is 12.8 Å². The summed E-state index contributed by atoms with van der Waals surface area (Å²) < 4.78 is 22.1. The monoisotopic (exact) mass is 321 g/mol. The number of nitrogens with zero attached hydrogens (tertiary/aromatic N) is 1. The zero-order chi connectivity index (χ0) is 14.5. The fourth-order valence-electron chi connectivity index (χ4n) is 1.51. The quantitative estimate of drug-likeness (QED) is 0.818. The molecule has 0 spiro atoms. The van der Waals surface area contributed by atoms with Crippen LogP contribution < -0.4 is 10.5 Å². The smallest absolute Gasteiger partial charge is 0.238 e. The Hall–Kier alpha value is -1.15. The van der Waals surface area contributed by atoms with Crippen LogP contribution in [0, 0.1) is 0 Å². The van der Waals surface area contributed by atoms with Crippen molar-refractivity contribution in [3.8, 4) is 0 Å². The Bertz CT molecular complexity index is 529. The molecule has 0 unspecified atom stereocenters. The molecule has 20 heavy (non-hydrogen) atoms. The number of nitrogens with two attached hydrogens (primary N) is 1. The van der Waals surface area contributed by atoms with Crippen molar-refractivity contribution in [1.82, 2.24) is 4.90 Å². The predicted molar refractivity (Wildman–Crippen MR) is 81.5 cm³/mol. The van der Waals surface area contributed by atoms with Crippen LogP contribution in [0.25, 0.3) is 0 Å². The van der Waals surface area contributed by atoms with Crippen LogP contribution in [-0.2, 0) is 14.8 Å². The van der Waals surface area contributed by atoms with Gasteiger partial charge in [0.15, 0.2) is 0 Å². The first-order chi connectivity index (χ1) is 8.79. The zero-order valence-electron chi connectivity index (χ0n) is 11.5. The molecular weight excluding hydrogens is 302 g/mol. The van der Waals surface area contributed by atoms with Crippen LogP contribution >= 0.6 is 12.4 Å². The lowest BCUT2D eigenvalue weighted by molar-refractivity contribution is -0.116. The van der Waals surface area contributed by atoms with Gasteiger partial charge in [0, 0.05) is 12.1 Å². The van der Waals surface area contributed by atoms with Gasteiger partial charge in [-0.1, -0.05) is 0 Å². The third kappa shape index (κ3) is 6.85. The fourth-order valence-corrected chi connectivity index (χ4v) is 2.02. The summed E-state index contributed by atoms with van der Waals surface area (Å²) in [7, 11) is 0.207. The molecule has 0 aliphatic heterocycles. The normalized spacial score (nSPS) is 11.0. The minimum atomic E-state index is -3.69. The van der Waals surface area contributed by atoms with Gasteiger partial charge in [-0.25, -0.2) is 13.6 Å². The summed E-state index contributed by atoms with van der Waals surface area (Å²) in [6, 6.07) is 5.77. The first-order valence-electron chi connectivity index (χ1n) is 5.86. The van der Waals surface area contributed by atoms with Crippen molar-refractivity contribution in [3.05, 3.63) is 24.3 Å². The Morgan fingerprint density at radius 2 is 1.80 bits per heavy atom. The number of hydrogen-bond acceptors (Lipinski definition) is 4. The van der Waals surface area contributed by atoms with Gasteiger partial charge >= 0.3 is 0 Å². The highest BCUT2D eigenvalue weighted by Crippen LogP contribution is 2.13. The summed E-state index contributed by atoms with van der Waals surface area (Å²) in [4.78, 5) is 13.6. The number of anilines is 1. The van der Waals surface area contributed by atoms with Crippen molar-refractivity contribution >= 4 is 34.0 Å². The van der Waals surface area contributed by atoms with Crippen LogP contribution in [0.5, 0.6) is 0 Å². The van der Waals surface area contributed by atoms with Gasteiger partial charge in [0.1, 0.15) is 0 Å². The van der Waals surface area contributed by atoms with Crippen molar-refractivity contribution in [3.63, 3.8) is 0 Å². The van der Waals surface area contributed by atoms with Gasteiger partial charge in [-0.15, -0.1) is 12.4 Å². The van der Waals surface area contributed by atoms with Crippen molar-refractivity contribution in [2.75, 3.05) is 26.0 Å². The number of rotatable bonds is 6. The summed E-state index contributed by atoms with van der Waals surface area (Å²) >= 11 is 0. The van der Waals surface area contributed by atoms with E-state index in [0.29, 0.717) is 12.1 Å². The molecule has 0 heterocycles. The number of nitrogens with one attached hydrogen (secondary N) is 1. The lowest BCUT2D eigenvalue weighted by Gasteiger charge is -2.09. The molecule has 1 rings (SSSR count). The van der Waals surface area contributed by atoms with Crippen molar-refractivity contribution in [1.29, 1.82) is 0 Å². The summed E-state index contributed by atoms with van der Waals surface area (Å²) in [5.41, 5.74) is 0.558. The topological polar surface area (TPSA) is 92.5 Å². The largest absolute Gasteiger partial charge is 0.326 e. The SMILES string of the molecule is CN(C)CCCC(=O)Nc1ccc(S(N)(=O)=O)cc1.Cl. The molecule has 0 saturated heterocycles. The van der Waals surface area contributed by atoms with Gasteiger partial charge < -0.3 is 10.2 Å². The Labute approximate surface area is 125 Å². The number of amides is 1. The van der Waals surface area contributed by atoms with Crippen LogP contribution in [0.2, 0.25) is 0 Å². The van der Waals surface area contributed by atoms with E-state index in [9.17, 15) is 13.2 Å². The molecule has 1 aromatic carbocycles. The number of hydrogen-bond donors (Lipinski definition) is 2. The molecule has 8 heteroatoms. The zero-order valence-corrected chi connectivity index (χ0v) is 13.1. The maximum Gasteiger partial charge on any atom is 0.238 e. The molecule has 1 aromatic rings. The van der Waals surface area contributed by atoms with E-state index in [1.165, 1.54) is 24.3 Å². The molecule has 0 fully saturated rings. The van der Waals surface area contributed by atoms with Gasteiger partial charge in [0.25, 0.3) is 0 Å². The molecule has 0 saturated carbocycles. The molecular formula is C12H20ClN3O3S. The molecule has 6 nitrogen and oxygen atoms in total. The van der Waals surface area contributed by atoms with E-state index in [4.69, 9.17) is 5.14 Å². The van der Waals surface area contributed by atoms with Crippen LogP contribution in [0.3, 0.4) is 0 Å². The molecule has 3 N–H and O–H groups in total. The highest BCUT2D eigenvalue weighted by atomic mass is 35.5. The van der Waals surface area contributed by atoms with E-state index in [1.807, 2.05) is 19.0 Å². The number of sulfonamides is 1. The number of carbonyl (C=O) groups excluding carboxylic acids is 1. The van der Waals surface area contributed by atoms with Gasteiger partial charge in [0.05, 0.1) is 4.90 Å². The third-order valence-corrected chi connectivity index (χ3v) is 3.41. The predicted octanol–water partition coefficient (Wildman–Crippen LogP) is 1.04. The highest BCUT2D eigenvalue weighted by molar-refractivity contribution is 7.89. The first kappa shape index (κ1) is 18.9. The van der Waals surface area contributed by atoms with Crippen molar-refractivity contribution in [2.45, 2.75) is 17.7 Å². The summed E-state index contributed by atoms with van der Waals surface area (Å²) in [5.74, 6) is -0.0924. The lowest BCUT2D eigenvalue weighted by atomic mass is 10.2. The van der Waals surface area contributed by atoms with Gasteiger partial charge in [-0.3, -0.25) is 4.79 Å². The first-order valence-corrected chi connectivity index (χ1v) is 7.41. The average Bonchev–Trinajstić information content (AvgIpc) is 2.27. The van der Waals surface area contributed by atoms with E-state index in [1.54, 1.807) is 0 Å². The lowest BCUT2D eigenvalue weighted by Crippen LogP contribution is -2.17. The van der Waals surface area contributed by atoms with Crippen LogP contribution in [0.4, 0.5) is 5.69 Å². The number of benzene rings is 1. The molecule has 0 aliphatic carbocycles. The number of primary sulfonamides is 1. The second-order valence-electron chi connectivity index (χ2n) is 4.52. The van der Waals surface area contributed by atoms with Crippen LogP contribution in [-0.4, -0.2) is 39.9 Å². The second-order valence-corrected chi connectivity index (χ2v) is 6.09. The molecule has 0 aliphatic rings. The Morgan fingerprint density at radius 1 is 1.25 bits per heavy atom. The van der Waals surface area contributed by atoms with Gasteiger partial charge in [-0.05, 0) is 51.3 Å². The molecule has 0 radical (unpaired) electrons. The summed E-state index contributed by atoms with van der Waals surface area (Å²) in [6.45, 7) is 0.845. The maximum absolute atomic E-state index is 11.6. The average molecular weight is 322 g/mol. The molecule has 114 valence electrons. The van der Waals surface area contributed by atoms with Crippen LogP contribution in [0.15, 0.2) is 29.2 Å². The second kappa shape index (κ2) is 8.21. The van der Waals surface area contributed by atoms with E-state index < -0.39 is 10.0 Å². The molecule has 0 bridgehead atoms. The number of carbonyl (C=O) groups is 1. The summed E-state index contributed by atoms with van der Waals surface area (Å²) in [6.07, 6.45) is 1.20. The van der Waals surface area contributed by atoms with Gasteiger partial charge in [0.2, 0.25) is 15.9 Å². The van der Waals surface area contributed by atoms with E-state index in [2.05, 4.69) is 5.32 Å². The molecule has 0 aromatic heterocycles. The minimum absolute atomic E-state index is 0. The summed E-state index contributed by atoms with van der Waals surface area (Å²) in [5, 5.41) is 7.68. The third-order valence-electron chi connectivity index (χ3n) is 2.48. The number of halogens is 1.